The van der Waals surface area contributed by atoms with E-state index in [0.29, 0.717) is 12.7 Å². The zero-order valence-corrected chi connectivity index (χ0v) is 19.3. The number of carbonyl (C=O) groups is 2. The summed E-state index contributed by atoms with van der Waals surface area (Å²) < 4.78 is 4.84. The highest BCUT2D eigenvalue weighted by Crippen LogP contribution is 2.41. The molecule has 0 N–H and O–H groups in total. The maximum atomic E-state index is 13.6. The van der Waals surface area contributed by atoms with Gasteiger partial charge in [-0.1, -0.05) is 32.0 Å². The minimum atomic E-state index is -0.555. The van der Waals surface area contributed by atoms with E-state index in [1.165, 1.54) is 32.8 Å². The molecule has 1 aromatic rings. The molecule has 0 aromatic heterocycles. The van der Waals surface area contributed by atoms with E-state index < -0.39 is 5.54 Å². The molecule has 0 unspecified atom stereocenters. The lowest BCUT2D eigenvalue weighted by Crippen LogP contribution is -2.58. The number of esters is 1. The number of methoxy groups -OCH3 is 1. The van der Waals surface area contributed by atoms with Gasteiger partial charge in [0.15, 0.2) is 0 Å². The Balaban J connectivity index is 1.48. The molecule has 1 aromatic carbocycles. The predicted octanol–water partition coefficient (Wildman–Crippen LogP) is 3.52. The number of para-hydroxylation sites is 1. The highest BCUT2D eigenvalue weighted by molar-refractivity contribution is 5.95. The van der Waals surface area contributed by atoms with Crippen LogP contribution >= 0.6 is 0 Å². The largest absolute Gasteiger partial charge is 0.468 e. The molecule has 3 fully saturated rings. The molecule has 2 heterocycles. The Morgan fingerprint density at radius 3 is 2.32 bits per heavy atom. The lowest BCUT2D eigenvalue weighted by atomic mass is 9.78. The van der Waals surface area contributed by atoms with Crippen LogP contribution < -0.4 is 4.90 Å². The van der Waals surface area contributed by atoms with Crippen molar-refractivity contribution < 1.29 is 14.3 Å². The van der Waals surface area contributed by atoms with Crippen molar-refractivity contribution in [3.05, 3.63) is 30.3 Å². The van der Waals surface area contributed by atoms with Crippen molar-refractivity contribution in [2.24, 2.45) is 11.8 Å². The smallest absolute Gasteiger partial charge is 0.325 e. The van der Waals surface area contributed by atoms with Crippen LogP contribution in [0.3, 0.4) is 0 Å². The average Bonchev–Trinajstić information content (AvgIpc) is 3.06. The zero-order valence-electron chi connectivity index (χ0n) is 19.3. The molecule has 0 atom stereocenters. The molecule has 1 aliphatic carbocycles. The third kappa shape index (κ3) is 4.32. The summed E-state index contributed by atoms with van der Waals surface area (Å²) in [6.45, 7) is 7.04. The van der Waals surface area contributed by atoms with Gasteiger partial charge in [0.25, 0.3) is 5.91 Å². The van der Waals surface area contributed by atoms with Crippen molar-refractivity contribution >= 4 is 17.6 Å². The summed E-state index contributed by atoms with van der Waals surface area (Å²) in [5, 5.41) is 0. The zero-order chi connectivity index (χ0) is 22.0. The van der Waals surface area contributed by atoms with Crippen LogP contribution in [0.25, 0.3) is 0 Å². The van der Waals surface area contributed by atoms with E-state index in [9.17, 15) is 9.59 Å². The van der Waals surface area contributed by atoms with Crippen LogP contribution in [-0.2, 0) is 14.3 Å². The van der Waals surface area contributed by atoms with E-state index in [0.717, 1.165) is 43.5 Å². The molecule has 2 saturated heterocycles. The standard InChI is InChI=1S/C25H37N3O3/c1-19(2)20-9-11-21(12-10-20)26-15-13-25(14-16-26)24(30)27(17-23(29)31-3)18-28(25)22-7-5-4-6-8-22/h4-8,19-21H,9-18H2,1-3H3. The minimum absolute atomic E-state index is 0.0172. The third-order valence-electron chi connectivity index (χ3n) is 7.96. The molecule has 0 radical (unpaired) electrons. The van der Waals surface area contributed by atoms with E-state index >= 15 is 0 Å². The van der Waals surface area contributed by atoms with Gasteiger partial charge in [0, 0.05) is 24.8 Å². The highest BCUT2D eigenvalue weighted by Gasteiger charge is 2.54. The molecule has 6 heteroatoms. The van der Waals surface area contributed by atoms with Crippen molar-refractivity contribution in [1.82, 2.24) is 9.80 Å². The second-order valence-electron chi connectivity index (χ2n) is 9.86. The molecule has 0 bridgehead atoms. The number of anilines is 1. The third-order valence-corrected chi connectivity index (χ3v) is 7.96. The molecule has 6 nitrogen and oxygen atoms in total. The second-order valence-corrected chi connectivity index (χ2v) is 9.86. The monoisotopic (exact) mass is 427 g/mol. The van der Waals surface area contributed by atoms with Gasteiger partial charge in [-0.15, -0.1) is 0 Å². The number of rotatable bonds is 5. The van der Waals surface area contributed by atoms with Gasteiger partial charge in [0.2, 0.25) is 0 Å². The quantitative estimate of drug-likeness (QED) is 0.673. The molecule has 1 saturated carbocycles. The predicted molar refractivity (Wildman–Crippen MR) is 122 cm³/mol. The molecule has 170 valence electrons. The number of likely N-dealkylation sites (tertiary alicyclic amines) is 1. The van der Waals surface area contributed by atoms with Crippen molar-refractivity contribution in [2.75, 3.05) is 38.3 Å². The van der Waals surface area contributed by atoms with E-state index in [1.54, 1.807) is 4.90 Å². The van der Waals surface area contributed by atoms with Crippen LogP contribution in [0.4, 0.5) is 5.69 Å². The first-order valence-electron chi connectivity index (χ1n) is 11.9. The molecule has 1 spiro atoms. The first kappa shape index (κ1) is 22.1. The summed E-state index contributed by atoms with van der Waals surface area (Å²) in [6.07, 6.45) is 6.82. The summed E-state index contributed by atoms with van der Waals surface area (Å²) in [4.78, 5) is 32.0. The number of piperidine rings is 1. The van der Waals surface area contributed by atoms with E-state index in [2.05, 4.69) is 35.8 Å². The lowest BCUT2D eigenvalue weighted by molar-refractivity contribution is -0.147. The minimum Gasteiger partial charge on any atom is -0.468 e. The fourth-order valence-electron chi connectivity index (χ4n) is 5.94. The van der Waals surface area contributed by atoms with Crippen molar-refractivity contribution in [3.8, 4) is 0 Å². The normalized spacial score (nSPS) is 26.6. The maximum Gasteiger partial charge on any atom is 0.325 e. The number of amides is 1. The number of benzene rings is 1. The van der Waals surface area contributed by atoms with Gasteiger partial charge in [-0.05, 0) is 62.5 Å². The summed E-state index contributed by atoms with van der Waals surface area (Å²) in [5.74, 6) is 1.36. The Morgan fingerprint density at radius 1 is 1.10 bits per heavy atom. The Hall–Kier alpha value is -2.08. The van der Waals surface area contributed by atoms with Gasteiger partial charge in [0.05, 0.1) is 13.8 Å². The van der Waals surface area contributed by atoms with E-state index in [1.807, 2.05) is 18.2 Å². The van der Waals surface area contributed by atoms with Gasteiger partial charge in [-0.25, -0.2) is 0 Å². The molecule has 31 heavy (non-hydrogen) atoms. The van der Waals surface area contributed by atoms with Crippen LogP contribution in [0.5, 0.6) is 0 Å². The van der Waals surface area contributed by atoms with Crippen molar-refractivity contribution in [3.63, 3.8) is 0 Å². The van der Waals surface area contributed by atoms with Crippen LogP contribution in [0, 0.1) is 11.8 Å². The number of hydrogen-bond donors (Lipinski definition) is 0. The topological polar surface area (TPSA) is 53.1 Å². The van der Waals surface area contributed by atoms with Crippen molar-refractivity contribution in [2.45, 2.75) is 64.0 Å². The fourth-order valence-corrected chi connectivity index (χ4v) is 5.94. The fraction of sp³-hybridized carbons (Fsp3) is 0.680. The Bertz CT molecular complexity index is 765. The van der Waals surface area contributed by atoms with E-state index in [-0.39, 0.29) is 18.4 Å². The van der Waals surface area contributed by atoms with Crippen molar-refractivity contribution in [1.29, 1.82) is 0 Å². The molecule has 1 amide bonds. The van der Waals surface area contributed by atoms with Gasteiger partial charge < -0.3 is 19.4 Å². The summed E-state index contributed by atoms with van der Waals surface area (Å²) in [6, 6.07) is 10.8. The summed E-state index contributed by atoms with van der Waals surface area (Å²) in [7, 11) is 1.38. The van der Waals surface area contributed by atoms with Gasteiger partial charge in [0.1, 0.15) is 12.1 Å². The van der Waals surface area contributed by atoms with Crippen LogP contribution in [0.2, 0.25) is 0 Å². The first-order chi connectivity index (χ1) is 14.9. The molecular formula is C25H37N3O3. The Kier molecular flexibility index (Phi) is 6.56. The Morgan fingerprint density at radius 2 is 1.74 bits per heavy atom. The summed E-state index contributed by atoms with van der Waals surface area (Å²) >= 11 is 0. The lowest BCUT2D eigenvalue weighted by Gasteiger charge is -2.47. The van der Waals surface area contributed by atoms with Gasteiger partial charge in [-0.2, -0.15) is 0 Å². The molecule has 3 aliphatic rings. The number of nitrogens with zero attached hydrogens (tertiary/aromatic N) is 3. The van der Waals surface area contributed by atoms with Gasteiger partial charge >= 0.3 is 5.97 Å². The Labute approximate surface area is 186 Å². The highest BCUT2D eigenvalue weighted by atomic mass is 16.5. The van der Waals surface area contributed by atoms with Crippen LogP contribution in [-0.4, -0.2) is 66.7 Å². The maximum absolute atomic E-state index is 13.6. The number of hydrogen-bond acceptors (Lipinski definition) is 5. The number of carbonyl (C=O) groups excluding carboxylic acids is 2. The SMILES string of the molecule is COC(=O)CN1CN(c2ccccc2)C2(CCN(C3CCC(C(C)C)CC3)CC2)C1=O. The van der Waals surface area contributed by atoms with Crippen LogP contribution in [0.15, 0.2) is 30.3 Å². The van der Waals surface area contributed by atoms with E-state index in [4.69, 9.17) is 4.74 Å². The second kappa shape index (κ2) is 9.19. The summed E-state index contributed by atoms with van der Waals surface area (Å²) in [5.41, 5.74) is 0.496. The number of ether oxygens (including phenoxy) is 1. The molecule has 2 aliphatic heterocycles. The van der Waals surface area contributed by atoms with Crippen LogP contribution in [0.1, 0.15) is 52.4 Å². The average molecular weight is 428 g/mol. The van der Waals surface area contributed by atoms with Gasteiger partial charge in [-0.3, -0.25) is 9.59 Å². The molecular weight excluding hydrogens is 390 g/mol. The molecule has 4 rings (SSSR count). The first-order valence-corrected chi connectivity index (χ1v) is 11.9.